The number of rotatable bonds is 2. The third kappa shape index (κ3) is 3.31. The minimum Gasteiger partial charge on any atom is -0.300 e. The molecule has 0 unspecified atom stereocenters. The SMILES string of the molecule is Cc1ccc([C@H]2CC(=O)C[C@H]3C(=O)N(c4ccccc4C(C)(C)C)C(=O)[C@@H]23)cc1. The average Bonchev–Trinajstić information content (AvgIpc) is 2.91. The van der Waals surface area contributed by atoms with E-state index in [9.17, 15) is 14.4 Å². The molecule has 0 N–H and O–H groups in total. The van der Waals surface area contributed by atoms with Crippen LogP contribution in [0.1, 0.15) is 56.2 Å². The Morgan fingerprint density at radius 3 is 2.10 bits per heavy atom. The molecule has 0 bridgehead atoms. The maximum absolute atomic E-state index is 13.6. The van der Waals surface area contributed by atoms with E-state index >= 15 is 0 Å². The van der Waals surface area contributed by atoms with Gasteiger partial charge in [0, 0.05) is 18.8 Å². The lowest BCUT2D eigenvalue weighted by molar-refractivity contribution is -0.130. The van der Waals surface area contributed by atoms with Crippen molar-refractivity contribution in [2.75, 3.05) is 4.90 Å². The molecule has 150 valence electrons. The molecule has 1 saturated heterocycles. The van der Waals surface area contributed by atoms with E-state index in [2.05, 4.69) is 20.8 Å². The molecule has 3 atom stereocenters. The van der Waals surface area contributed by atoms with Crippen LogP contribution in [0, 0.1) is 18.8 Å². The summed E-state index contributed by atoms with van der Waals surface area (Å²) in [5.74, 6) is -1.63. The molecular formula is C25H27NO3. The number of imide groups is 1. The van der Waals surface area contributed by atoms with Crippen LogP contribution in [-0.2, 0) is 19.8 Å². The normalized spacial score (nSPS) is 24.8. The van der Waals surface area contributed by atoms with Gasteiger partial charge in [-0.3, -0.25) is 14.4 Å². The first-order valence-corrected chi connectivity index (χ1v) is 10.2. The Balaban J connectivity index is 1.79. The lowest BCUT2D eigenvalue weighted by atomic mass is 9.70. The highest BCUT2D eigenvalue weighted by Gasteiger charge is 2.55. The Hall–Kier alpha value is -2.75. The monoisotopic (exact) mass is 389 g/mol. The average molecular weight is 389 g/mol. The molecule has 1 saturated carbocycles. The highest BCUT2D eigenvalue weighted by molar-refractivity contribution is 6.23. The quantitative estimate of drug-likeness (QED) is 0.709. The number of hydrogen-bond donors (Lipinski definition) is 0. The van der Waals surface area contributed by atoms with E-state index in [0.717, 1.165) is 16.7 Å². The molecular weight excluding hydrogens is 362 g/mol. The maximum atomic E-state index is 13.6. The smallest absolute Gasteiger partial charge is 0.238 e. The number of fused-ring (bicyclic) bond motifs is 1. The van der Waals surface area contributed by atoms with Crippen molar-refractivity contribution in [2.45, 2.75) is 51.9 Å². The molecule has 2 aliphatic rings. The van der Waals surface area contributed by atoms with Gasteiger partial charge in [-0.2, -0.15) is 0 Å². The second kappa shape index (κ2) is 6.94. The summed E-state index contributed by atoms with van der Waals surface area (Å²) >= 11 is 0. The fourth-order valence-electron chi connectivity index (χ4n) is 4.80. The van der Waals surface area contributed by atoms with Gasteiger partial charge in [0.1, 0.15) is 5.78 Å². The number of ketones is 1. The third-order valence-electron chi connectivity index (χ3n) is 6.26. The molecule has 1 heterocycles. The molecule has 29 heavy (non-hydrogen) atoms. The summed E-state index contributed by atoms with van der Waals surface area (Å²) < 4.78 is 0. The summed E-state index contributed by atoms with van der Waals surface area (Å²) in [5.41, 5.74) is 3.49. The van der Waals surface area contributed by atoms with Crippen molar-refractivity contribution in [3.05, 3.63) is 65.2 Å². The Morgan fingerprint density at radius 2 is 1.45 bits per heavy atom. The van der Waals surface area contributed by atoms with E-state index < -0.39 is 11.8 Å². The molecule has 4 nitrogen and oxygen atoms in total. The molecule has 2 aromatic rings. The Bertz CT molecular complexity index is 984. The molecule has 1 aliphatic carbocycles. The topological polar surface area (TPSA) is 54.5 Å². The fourth-order valence-corrected chi connectivity index (χ4v) is 4.80. The van der Waals surface area contributed by atoms with E-state index in [4.69, 9.17) is 0 Å². The van der Waals surface area contributed by atoms with E-state index in [1.54, 1.807) is 0 Å². The van der Waals surface area contributed by atoms with Gasteiger partial charge in [0.05, 0.1) is 17.5 Å². The number of para-hydroxylation sites is 1. The molecule has 0 spiro atoms. The number of hydrogen-bond acceptors (Lipinski definition) is 3. The van der Waals surface area contributed by atoms with Crippen LogP contribution < -0.4 is 4.90 Å². The summed E-state index contributed by atoms with van der Waals surface area (Å²) in [6, 6.07) is 15.6. The summed E-state index contributed by atoms with van der Waals surface area (Å²) in [7, 11) is 0. The van der Waals surface area contributed by atoms with Gasteiger partial charge in [0.25, 0.3) is 0 Å². The molecule has 0 radical (unpaired) electrons. The fraction of sp³-hybridized carbons (Fsp3) is 0.400. The van der Waals surface area contributed by atoms with E-state index in [1.807, 2.05) is 55.5 Å². The first-order chi connectivity index (χ1) is 13.7. The zero-order chi connectivity index (χ0) is 20.9. The van der Waals surface area contributed by atoms with Crippen molar-refractivity contribution in [3.63, 3.8) is 0 Å². The summed E-state index contributed by atoms with van der Waals surface area (Å²) in [5, 5.41) is 0. The third-order valence-corrected chi connectivity index (χ3v) is 6.26. The molecule has 2 fully saturated rings. The van der Waals surface area contributed by atoms with Crippen molar-refractivity contribution in [3.8, 4) is 0 Å². The van der Waals surface area contributed by atoms with Crippen LogP contribution in [0.15, 0.2) is 48.5 Å². The number of benzene rings is 2. The molecule has 2 amide bonds. The number of aryl methyl sites for hydroxylation is 1. The van der Waals surface area contributed by atoms with Gasteiger partial charge < -0.3 is 0 Å². The van der Waals surface area contributed by atoms with Crippen LogP contribution in [0.2, 0.25) is 0 Å². The van der Waals surface area contributed by atoms with Crippen LogP contribution >= 0.6 is 0 Å². The largest absolute Gasteiger partial charge is 0.300 e. The van der Waals surface area contributed by atoms with Crippen molar-refractivity contribution in [1.29, 1.82) is 0 Å². The van der Waals surface area contributed by atoms with Gasteiger partial charge in [-0.05, 0) is 29.5 Å². The minimum absolute atomic E-state index is 0.0592. The van der Waals surface area contributed by atoms with Crippen LogP contribution in [0.5, 0.6) is 0 Å². The summed E-state index contributed by atoms with van der Waals surface area (Å²) in [4.78, 5) is 40.8. The first kappa shape index (κ1) is 19.6. The Morgan fingerprint density at radius 1 is 0.828 bits per heavy atom. The van der Waals surface area contributed by atoms with E-state index in [0.29, 0.717) is 12.1 Å². The van der Waals surface area contributed by atoms with E-state index in [-0.39, 0.29) is 35.4 Å². The number of Topliss-reactive ketones (excluding diaryl/α,β-unsaturated/α-hetero) is 1. The first-order valence-electron chi connectivity index (χ1n) is 10.2. The minimum atomic E-state index is -0.567. The second-order valence-electron chi connectivity index (χ2n) is 9.38. The number of amides is 2. The number of carbonyl (C=O) groups is 3. The van der Waals surface area contributed by atoms with Crippen molar-refractivity contribution < 1.29 is 14.4 Å². The standard InChI is InChI=1S/C25H27NO3/c1-15-9-11-16(12-10-15)18-13-17(27)14-19-22(18)24(29)26(23(19)28)21-8-6-5-7-20(21)25(2,3)4/h5-12,18-19,22H,13-14H2,1-4H3/t18-,19-,22+/m1/s1. The van der Waals surface area contributed by atoms with Crippen LogP contribution in [0.3, 0.4) is 0 Å². The highest BCUT2D eigenvalue weighted by atomic mass is 16.2. The van der Waals surface area contributed by atoms with Gasteiger partial charge in [-0.25, -0.2) is 4.90 Å². The Kier molecular flexibility index (Phi) is 4.68. The second-order valence-corrected chi connectivity index (χ2v) is 9.38. The molecule has 4 rings (SSSR count). The van der Waals surface area contributed by atoms with Crippen molar-refractivity contribution >= 4 is 23.3 Å². The molecule has 2 aromatic carbocycles. The highest BCUT2D eigenvalue weighted by Crippen LogP contribution is 2.47. The zero-order valence-electron chi connectivity index (χ0n) is 17.4. The van der Waals surface area contributed by atoms with Crippen molar-refractivity contribution in [1.82, 2.24) is 0 Å². The van der Waals surface area contributed by atoms with Gasteiger partial charge in [-0.1, -0.05) is 68.8 Å². The van der Waals surface area contributed by atoms with Gasteiger partial charge in [0.15, 0.2) is 0 Å². The number of carbonyl (C=O) groups excluding carboxylic acids is 3. The summed E-state index contributed by atoms with van der Waals surface area (Å²) in [6.07, 6.45) is 0.476. The van der Waals surface area contributed by atoms with Crippen LogP contribution in [0.25, 0.3) is 0 Å². The predicted molar refractivity (Wildman–Crippen MR) is 113 cm³/mol. The molecule has 1 aliphatic heterocycles. The Labute approximate surface area is 171 Å². The van der Waals surface area contributed by atoms with Gasteiger partial charge in [0.2, 0.25) is 11.8 Å². The zero-order valence-corrected chi connectivity index (χ0v) is 17.4. The van der Waals surface area contributed by atoms with E-state index in [1.165, 1.54) is 4.90 Å². The van der Waals surface area contributed by atoms with Crippen molar-refractivity contribution in [2.24, 2.45) is 11.8 Å². The number of nitrogens with zero attached hydrogens (tertiary/aromatic N) is 1. The molecule has 4 heteroatoms. The van der Waals surface area contributed by atoms with Gasteiger partial charge >= 0.3 is 0 Å². The number of anilines is 1. The summed E-state index contributed by atoms with van der Waals surface area (Å²) in [6.45, 7) is 8.22. The van der Waals surface area contributed by atoms with Crippen LogP contribution in [0.4, 0.5) is 5.69 Å². The lowest BCUT2D eigenvalue weighted by Crippen LogP contribution is -2.34. The van der Waals surface area contributed by atoms with Gasteiger partial charge in [-0.15, -0.1) is 0 Å². The molecule has 0 aromatic heterocycles. The van der Waals surface area contributed by atoms with Crippen LogP contribution in [-0.4, -0.2) is 17.6 Å². The maximum Gasteiger partial charge on any atom is 0.238 e. The predicted octanol–water partition coefficient (Wildman–Crippen LogP) is 4.54. The lowest BCUT2D eigenvalue weighted by Gasteiger charge is -2.30.